The lowest BCUT2D eigenvalue weighted by molar-refractivity contribution is -0.144. The molecule has 2 aromatic rings. The molecule has 0 bridgehead atoms. The van der Waals surface area contributed by atoms with Gasteiger partial charge >= 0.3 is 6.09 Å². The van der Waals surface area contributed by atoms with E-state index in [1.807, 2.05) is 61.5 Å². The van der Waals surface area contributed by atoms with Crippen molar-refractivity contribution in [2.75, 3.05) is 6.61 Å². The van der Waals surface area contributed by atoms with Crippen molar-refractivity contribution in [2.24, 2.45) is 0 Å². The molecule has 3 amide bonds. The van der Waals surface area contributed by atoms with Gasteiger partial charge in [0.25, 0.3) is 0 Å². The van der Waals surface area contributed by atoms with E-state index in [0.717, 1.165) is 24.0 Å². The fraction of sp³-hybridized carbons (Fsp3) is 0.444. The summed E-state index contributed by atoms with van der Waals surface area (Å²) in [6, 6.07) is 14.7. The first-order valence-electron chi connectivity index (χ1n) is 11.9. The molecule has 1 aliphatic rings. The van der Waals surface area contributed by atoms with E-state index in [1.54, 1.807) is 20.8 Å². The first-order chi connectivity index (χ1) is 16.6. The van der Waals surface area contributed by atoms with Gasteiger partial charge in [0.15, 0.2) is 0 Å². The molecule has 0 heterocycles. The highest BCUT2D eigenvalue weighted by atomic mass is 16.6. The molecular formula is C27H35N3O5. The maximum absolute atomic E-state index is 13.7. The lowest BCUT2D eigenvalue weighted by Crippen LogP contribution is -2.55. The molecule has 3 N–H and O–H groups in total. The summed E-state index contributed by atoms with van der Waals surface area (Å²) in [5.74, 6) is -0.851. The van der Waals surface area contributed by atoms with Crippen LogP contribution in [0.4, 0.5) is 4.79 Å². The number of nitrogens with one attached hydrogen (secondary N) is 2. The van der Waals surface area contributed by atoms with Crippen LogP contribution in [0.1, 0.15) is 56.3 Å². The van der Waals surface area contributed by atoms with Crippen LogP contribution in [0, 0.1) is 6.92 Å². The number of hydrogen-bond acceptors (Lipinski definition) is 5. The second-order valence-corrected chi connectivity index (χ2v) is 9.88. The fourth-order valence-electron chi connectivity index (χ4n) is 3.85. The van der Waals surface area contributed by atoms with Crippen LogP contribution in [0.5, 0.6) is 0 Å². The minimum Gasteiger partial charge on any atom is -0.444 e. The second-order valence-electron chi connectivity index (χ2n) is 9.88. The van der Waals surface area contributed by atoms with Crippen molar-refractivity contribution in [3.63, 3.8) is 0 Å². The molecule has 8 nitrogen and oxygen atoms in total. The maximum atomic E-state index is 13.7. The number of amides is 3. The van der Waals surface area contributed by atoms with Gasteiger partial charge < -0.3 is 25.4 Å². The molecule has 1 fully saturated rings. The fourth-order valence-corrected chi connectivity index (χ4v) is 3.85. The van der Waals surface area contributed by atoms with E-state index in [2.05, 4.69) is 10.6 Å². The zero-order valence-electron chi connectivity index (χ0n) is 20.8. The molecule has 35 heavy (non-hydrogen) atoms. The quantitative estimate of drug-likeness (QED) is 0.510. The van der Waals surface area contributed by atoms with Crippen LogP contribution in [-0.4, -0.2) is 52.2 Å². The summed E-state index contributed by atoms with van der Waals surface area (Å²) in [7, 11) is 0. The minimum atomic E-state index is -1.24. The summed E-state index contributed by atoms with van der Waals surface area (Å²) < 4.78 is 5.26. The van der Waals surface area contributed by atoms with Crippen molar-refractivity contribution in [3.05, 3.63) is 71.3 Å². The first kappa shape index (κ1) is 26.2. The van der Waals surface area contributed by atoms with E-state index >= 15 is 0 Å². The zero-order chi connectivity index (χ0) is 25.6. The van der Waals surface area contributed by atoms with Gasteiger partial charge in [-0.05, 0) is 51.7 Å². The SMILES string of the molecule is Cc1cccc(C(C(=O)NCc2ccccc2)N(C(=O)C(CO)NC(=O)OC(C)(C)C)C2CC2)c1. The predicted molar refractivity (Wildman–Crippen MR) is 132 cm³/mol. The van der Waals surface area contributed by atoms with Gasteiger partial charge in [0.05, 0.1) is 6.61 Å². The number of aliphatic hydroxyl groups is 1. The molecule has 0 aromatic heterocycles. The Labute approximate surface area is 206 Å². The Hall–Kier alpha value is -3.39. The van der Waals surface area contributed by atoms with Gasteiger partial charge in [-0.1, -0.05) is 60.2 Å². The topological polar surface area (TPSA) is 108 Å². The van der Waals surface area contributed by atoms with Gasteiger partial charge in [-0.3, -0.25) is 9.59 Å². The average molecular weight is 482 g/mol. The normalized spacial score (nSPS) is 15.0. The van der Waals surface area contributed by atoms with Crippen molar-refractivity contribution >= 4 is 17.9 Å². The Bertz CT molecular complexity index is 1030. The van der Waals surface area contributed by atoms with Crippen molar-refractivity contribution in [2.45, 2.75) is 70.8 Å². The molecule has 2 atom stereocenters. The van der Waals surface area contributed by atoms with Crippen LogP contribution in [0.25, 0.3) is 0 Å². The Balaban J connectivity index is 1.88. The summed E-state index contributed by atoms with van der Waals surface area (Å²) >= 11 is 0. The van der Waals surface area contributed by atoms with Crippen LogP contribution < -0.4 is 10.6 Å². The van der Waals surface area contributed by atoms with Crippen LogP contribution in [0.3, 0.4) is 0 Å². The zero-order valence-corrected chi connectivity index (χ0v) is 20.8. The highest BCUT2D eigenvalue weighted by molar-refractivity contribution is 5.92. The summed E-state index contributed by atoms with van der Waals surface area (Å²) in [5.41, 5.74) is 1.81. The molecule has 3 rings (SSSR count). The second kappa shape index (κ2) is 11.4. The Morgan fingerprint density at radius 3 is 2.34 bits per heavy atom. The third-order valence-electron chi connectivity index (χ3n) is 5.56. The predicted octanol–water partition coefficient (Wildman–Crippen LogP) is 3.23. The number of aryl methyl sites for hydroxylation is 1. The van der Waals surface area contributed by atoms with E-state index in [1.165, 1.54) is 4.90 Å². The molecule has 0 aliphatic heterocycles. The highest BCUT2D eigenvalue weighted by Crippen LogP contribution is 2.35. The maximum Gasteiger partial charge on any atom is 0.408 e. The van der Waals surface area contributed by atoms with Crippen molar-refractivity contribution in [1.29, 1.82) is 0 Å². The molecule has 0 radical (unpaired) electrons. The number of carbonyl (C=O) groups is 3. The number of ether oxygens (including phenoxy) is 1. The van der Waals surface area contributed by atoms with Crippen LogP contribution >= 0.6 is 0 Å². The van der Waals surface area contributed by atoms with Crippen LogP contribution in [-0.2, 0) is 20.9 Å². The van der Waals surface area contributed by atoms with Gasteiger partial charge in [-0.15, -0.1) is 0 Å². The van der Waals surface area contributed by atoms with Crippen molar-refractivity contribution < 1.29 is 24.2 Å². The first-order valence-corrected chi connectivity index (χ1v) is 11.9. The molecule has 2 unspecified atom stereocenters. The van der Waals surface area contributed by atoms with Crippen molar-refractivity contribution in [3.8, 4) is 0 Å². The lowest BCUT2D eigenvalue weighted by Gasteiger charge is -2.34. The van der Waals surface area contributed by atoms with Crippen LogP contribution in [0.15, 0.2) is 54.6 Å². The van der Waals surface area contributed by atoms with Gasteiger partial charge in [0, 0.05) is 12.6 Å². The molecule has 0 spiro atoms. The average Bonchev–Trinajstić information content (AvgIpc) is 3.63. The minimum absolute atomic E-state index is 0.162. The number of aliphatic hydroxyl groups excluding tert-OH is 1. The van der Waals surface area contributed by atoms with E-state index < -0.39 is 36.3 Å². The van der Waals surface area contributed by atoms with E-state index in [4.69, 9.17) is 4.74 Å². The molecule has 8 heteroatoms. The summed E-state index contributed by atoms with van der Waals surface area (Å²) in [4.78, 5) is 41.0. The van der Waals surface area contributed by atoms with Crippen LogP contribution in [0.2, 0.25) is 0 Å². The standard InChI is InChI=1S/C27H35N3O5/c1-18-9-8-12-20(15-18)23(24(32)28-16-19-10-6-5-7-11-19)30(21-13-14-21)25(33)22(17-31)29-26(34)35-27(2,3)4/h5-12,15,21-23,31H,13-14,16-17H2,1-4H3,(H,28,32)(H,29,34). The van der Waals surface area contributed by atoms with E-state index in [0.29, 0.717) is 12.1 Å². The molecule has 1 saturated carbocycles. The third kappa shape index (κ3) is 7.55. The summed E-state index contributed by atoms with van der Waals surface area (Å²) in [5, 5.41) is 15.4. The Kier molecular flexibility index (Phi) is 8.51. The van der Waals surface area contributed by atoms with Gasteiger partial charge in [-0.2, -0.15) is 0 Å². The Morgan fingerprint density at radius 2 is 1.77 bits per heavy atom. The molecular weight excluding hydrogens is 446 g/mol. The van der Waals surface area contributed by atoms with Crippen molar-refractivity contribution in [1.82, 2.24) is 15.5 Å². The molecule has 188 valence electrons. The molecule has 0 saturated heterocycles. The molecule has 2 aromatic carbocycles. The largest absolute Gasteiger partial charge is 0.444 e. The highest BCUT2D eigenvalue weighted by Gasteiger charge is 2.44. The van der Waals surface area contributed by atoms with E-state index in [-0.39, 0.29) is 11.9 Å². The summed E-state index contributed by atoms with van der Waals surface area (Å²) in [6.07, 6.45) is 0.677. The monoisotopic (exact) mass is 481 g/mol. The lowest BCUT2D eigenvalue weighted by atomic mass is 10.0. The number of rotatable bonds is 9. The van der Waals surface area contributed by atoms with E-state index in [9.17, 15) is 19.5 Å². The van der Waals surface area contributed by atoms with Gasteiger partial charge in [0.1, 0.15) is 17.7 Å². The van der Waals surface area contributed by atoms with Gasteiger partial charge in [0.2, 0.25) is 11.8 Å². The number of alkyl carbamates (subject to hydrolysis) is 1. The Morgan fingerprint density at radius 1 is 1.09 bits per heavy atom. The number of carbonyl (C=O) groups excluding carboxylic acids is 3. The number of hydrogen-bond donors (Lipinski definition) is 3. The number of benzene rings is 2. The third-order valence-corrected chi connectivity index (χ3v) is 5.56. The number of nitrogens with zero attached hydrogens (tertiary/aromatic N) is 1. The molecule has 1 aliphatic carbocycles. The smallest absolute Gasteiger partial charge is 0.408 e. The van der Waals surface area contributed by atoms with Gasteiger partial charge in [-0.25, -0.2) is 4.79 Å². The summed E-state index contributed by atoms with van der Waals surface area (Å²) in [6.45, 7) is 6.76.